The average molecular weight is 652 g/mol. The monoisotopic (exact) mass is 651 g/mol. The highest BCUT2D eigenvalue weighted by molar-refractivity contribution is 6.31. The zero-order valence-corrected chi connectivity index (χ0v) is 28.3. The van der Waals surface area contributed by atoms with Crippen LogP contribution in [0.1, 0.15) is 53.4 Å². The molecule has 6 heterocycles. The molecule has 2 bridgehead atoms. The highest BCUT2D eigenvalue weighted by atomic mass is 35.5. The molecule has 9 rings (SSSR count). The summed E-state index contributed by atoms with van der Waals surface area (Å²) in [5.74, 6) is 1.39. The Morgan fingerprint density at radius 1 is 0.978 bits per heavy atom. The van der Waals surface area contributed by atoms with Gasteiger partial charge in [-0.05, 0) is 81.3 Å². The second-order valence-electron chi connectivity index (χ2n) is 14.5. The first-order chi connectivity index (χ1) is 22.2. The van der Waals surface area contributed by atoms with Gasteiger partial charge in [0.25, 0.3) is 0 Å². The summed E-state index contributed by atoms with van der Waals surface area (Å²) in [7, 11) is 1.71. The Kier molecular flexibility index (Phi) is 7.91. The first-order valence-corrected chi connectivity index (χ1v) is 17.4. The molecule has 1 saturated carbocycles. The van der Waals surface area contributed by atoms with Crippen LogP contribution in [0.3, 0.4) is 0 Å². The topological polar surface area (TPSA) is 74.8 Å². The minimum absolute atomic E-state index is 0.175. The Hall–Kier alpha value is -2.24. The van der Waals surface area contributed by atoms with Crippen molar-refractivity contribution in [3.63, 3.8) is 0 Å². The van der Waals surface area contributed by atoms with E-state index in [0.29, 0.717) is 29.5 Å². The van der Waals surface area contributed by atoms with Gasteiger partial charge in [-0.1, -0.05) is 25.4 Å². The van der Waals surface area contributed by atoms with E-state index in [2.05, 4.69) is 42.7 Å². The number of piperazine rings is 1. The van der Waals surface area contributed by atoms with Gasteiger partial charge < -0.3 is 23.8 Å². The number of rotatable bonds is 6. The third-order valence-electron chi connectivity index (χ3n) is 11.8. The Labute approximate surface area is 276 Å². The van der Waals surface area contributed by atoms with Crippen LogP contribution in [0.5, 0.6) is 5.75 Å². The van der Waals surface area contributed by atoms with E-state index in [0.717, 1.165) is 73.0 Å². The average Bonchev–Trinajstić information content (AvgIpc) is 3.28. The number of anilines is 1. The number of aromatic nitrogens is 1. The van der Waals surface area contributed by atoms with Crippen molar-refractivity contribution in [2.24, 2.45) is 23.7 Å². The van der Waals surface area contributed by atoms with Gasteiger partial charge in [-0.15, -0.1) is 0 Å². The highest BCUT2D eigenvalue weighted by Crippen LogP contribution is 2.60. The van der Waals surface area contributed by atoms with Gasteiger partial charge in [0.15, 0.2) is 18.2 Å². The third kappa shape index (κ3) is 5.00. The molecule has 6 fully saturated rings. The van der Waals surface area contributed by atoms with E-state index >= 15 is 0 Å². The van der Waals surface area contributed by atoms with Crippen LogP contribution in [0, 0.1) is 23.7 Å². The maximum atomic E-state index is 6.66. The van der Waals surface area contributed by atoms with Crippen LogP contribution in [0.15, 0.2) is 36.4 Å². The second kappa shape index (κ2) is 11.7. The summed E-state index contributed by atoms with van der Waals surface area (Å²) >= 11 is 6.39. The summed E-state index contributed by atoms with van der Waals surface area (Å²) in [4.78, 5) is 22.2. The molecule has 0 amide bonds. The van der Waals surface area contributed by atoms with Crippen LogP contribution in [0.25, 0.3) is 21.8 Å². The van der Waals surface area contributed by atoms with Crippen molar-refractivity contribution in [1.82, 2.24) is 9.88 Å². The number of hydrogen-bond donors (Lipinski definition) is 0. The number of halogens is 1. The predicted molar refractivity (Wildman–Crippen MR) is 177 cm³/mol. The first-order valence-electron chi connectivity index (χ1n) is 17.1. The smallest absolute Gasteiger partial charge is 0.201 e. The Bertz CT molecular complexity index is 1630. The molecule has 9 atom stereocenters. The molecule has 1 unspecified atom stereocenters. The normalized spacial score (nSPS) is 37.8. The minimum atomic E-state index is -0.777. The molecule has 0 radical (unpaired) electrons. The number of hydrogen-bond acceptors (Lipinski definition) is 9. The van der Waals surface area contributed by atoms with Crippen LogP contribution in [-0.4, -0.2) is 79.8 Å². The molecule has 6 aliphatic rings. The lowest BCUT2D eigenvalue weighted by Crippen LogP contribution is -2.70. The number of benzene rings is 2. The van der Waals surface area contributed by atoms with Crippen molar-refractivity contribution in [2.75, 3.05) is 44.8 Å². The van der Waals surface area contributed by atoms with Gasteiger partial charge in [0.1, 0.15) is 5.75 Å². The molecule has 9 nitrogen and oxygen atoms in total. The van der Waals surface area contributed by atoms with Crippen LogP contribution in [0.2, 0.25) is 5.02 Å². The molecule has 5 aliphatic heterocycles. The van der Waals surface area contributed by atoms with Crippen LogP contribution < -0.4 is 9.64 Å². The zero-order chi connectivity index (χ0) is 31.8. The number of ether oxygens (including phenoxy) is 4. The van der Waals surface area contributed by atoms with Crippen LogP contribution >= 0.6 is 11.6 Å². The Balaban J connectivity index is 0.962. The molecule has 46 heavy (non-hydrogen) atoms. The van der Waals surface area contributed by atoms with Gasteiger partial charge in [-0.2, -0.15) is 0 Å². The lowest BCUT2D eigenvalue weighted by Gasteiger charge is -2.60. The fourth-order valence-corrected chi connectivity index (χ4v) is 9.39. The lowest BCUT2D eigenvalue weighted by molar-refractivity contribution is -0.577. The van der Waals surface area contributed by atoms with E-state index in [4.69, 9.17) is 45.3 Å². The molecule has 0 N–H and O–H groups in total. The van der Waals surface area contributed by atoms with Crippen molar-refractivity contribution in [2.45, 2.75) is 83.4 Å². The van der Waals surface area contributed by atoms with Gasteiger partial charge in [0, 0.05) is 66.3 Å². The van der Waals surface area contributed by atoms with E-state index in [1.807, 2.05) is 31.2 Å². The Morgan fingerprint density at radius 2 is 1.85 bits per heavy atom. The van der Waals surface area contributed by atoms with Crippen molar-refractivity contribution >= 4 is 39.1 Å². The van der Waals surface area contributed by atoms with Crippen molar-refractivity contribution in [1.29, 1.82) is 0 Å². The van der Waals surface area contributed by atoms with Gasteiger partial charge in [-0.25, -0.2) is 14.8 Å². The van der Waals surface area contributed by atoms with E-state index in [9.17, 15) is 0 Å². The molecule has 1 spiro atoms. The maximum absolute atomic E-state index is 6.66. The summed E-state index contributed by atoms with van der Waals surface area (Å²) < 4.78 is 25.3. The molecule has 5 saturated heterocycles. The minimum Gasteiger partial charge on any atom is -0.497 e. The van der Waals surface area contributed by atoms with E-state index < -0.39 is 17.7 Å². The largest absolute Gasteiger partial charge is 0.497 e. The lowest BCUT2D eigenvalue weighted by atomic mass is 9.58. The number of methoxy groups -OCH3 is 1. The van der Waals surface area contributed by atoms with Gasteiger partial charge in [0.05, 0.1) is 30.4 Å². The summed E-state index contributed by atoms with van der Waals surface area (Å²) in [6, 6.07) is 12.4. The number of nitrogens with zero attached hydrogens (tertiary/aromatic N) is 3. The standard InChI is InChI=1S/C36H46ClN3O6/c1-21-6-10-29-23(3)33(43-34-36(29)28(21)12-13-35(4,44-34)45-46-36)42-17-16-39-14-15-40(20-22(39)2)32-26-9-7-24(37)18-31(26)38-30-11-8-25(41-5)19-27(30)32/h7-9,11,18-19,21-23,28-29,33-34H,6,10,12-17,20H2,1-5H3/t21-,22?,23-,28+,29+,33+,34-,35+,36-/m1/s1. The van der Waals surface area contributed by atoms with E-state index in [1.54, 1.807) is 7.11 Å². The molecule has 1 aromatic heterocycles. The van der Waals surface area contributed by atoms with Crippen molar-refractivity contribution < 1.29 is 28.7 Å². The van der Waals surface area contributed by atoms with E-state index in [-0.39, 0.29) is 18.1 Å². The van der Waals surface area contributed by atoms with Crippen molar-refractivity contribution in [3.8, 4) is 5.75 Å². The molecule has 10 heteroatoms. The van der Waals surface area contributed by atoms with Gasteiger partial charge in [-0.3, -0.25) is 4.90 Å². The molecule has 1 aliphatic carbocycles. The number of pyridine rings is 1. The van der Waals surface area contributed by atoms with Gasteiger partial charge in [0.2, 0.25) is 5.79 Å². The third-order valence-corrected chi connectivity index (χ3v) is 12.0. The SMILES string of the molecule is COc1ccc2nc3cc(Cl)ccc3c(N3CCN(CCO[C@H]4O[C@@H]5O[C@]6(C)CC[C@H]7[C@H](C)CC[C@@H]([C@H]4C)[C@@]57OO6)C(C)C3)c2c1. The molecule has 2 aromatic carbocycles. The molecule has 3 aromatic rings. The first kappa shape index (κ1) is 31.1. The van der Waals surface area contributed by atoms with Crippen molar-refractivity contribution in [3.05, 3.63) is 41.4 Å². The van der Waals surface area contributed by atoms with Crippen LogP contribution in [-0.2, 0) is 24.0 Å². The Morgan fingerprint density at radius 3 is 2.67 bits per heavy atom. The van der Waals surface area contributed by atoms with Gasteiger partial charge >= 0.3 is 0 Å². The quantitative estimate of drug-likeness (QED) is 0.212. The molecular formula is C36H46ClN3O6. The van der Waals surface area contributed by atoms with E-state index in [1.165, 1.54) is 12.1 Å². The summed E-state index contributed by atoms with van der Waals surface area (Å²) in [5, 5.41) is 2.89. The predicted octanol–water partition coefficient (Wildman–Crippen LogP) is 6.79. The fraction of sp³-hybridized carbons (Fsp3) is 0.639. The maximum Gasteiger partial charge on any atom is 0.201 e. The molecule has 248 valence electrons. The number of fused-ring (bicyclic) bond motifs is 4. The summed E-state index contributed by atoms with van der Waals surface area (Å²) in [5.41, 5.74) is 2.47. The summed E-state index contributed by atoms with van der Waals surface area (Å²) in [6.45, 7) is 13.0. The fourth-order valence-electron chi connectivity index (χ4n) is 9.22. The molecular weight excluding hydrogens is 606 g/mol. The second-order valence-corrected chi connectivity index (χ2v) is 14.9. The highest BCUT2D eigenvalue weighted by Gasteiger charge is 2.69. The van der Waals surface area contributed by atoms with Crippen LogP contribution in [0.4, 0.5) is 5.69 Å². The summed E-state index contributed by atoms with van der Waals surface area (Å²) in [6.07, 6.45) is 3.28. The zero-order valence-electron chi connectivity index (χ0n) is 27.5.